The lowest BCUT2D eigenvalue weighted by molar-refractivity contribution is 0.105. The van der Waals surface area contributed by atoms with Crippen molar-refractivity contribution in [1.29, 1.82) is 10.5 Å². The number of carbonyl (C=O) groups is 1. The lowest BCUT2D eigenvalue weighted by atomic mass is 9.79. The summed E-state index contributed by atoms with van der Waals surface area (Å²) in [6.45, 7) is 3.84. The predicted octanol–water partition coefficient (Wildman–Crippen LogP) is 3.97. The molecule has 0 heterocycles. The largest absolute Gasteiger partial charge is 0.288 e. The number of hydrogen-bond acceptors (Lipinski definition) is 3. The first kappa shape index (κ1) is 13.8. The SMILES string of the molecule is Cc1ccc2c(c1)C(=O)C(=C(C#N)C#N)c1cc(C)ccc1-2. The van der Waals surface area contributed by atoms with Gasteiger partial charge in [0.25, 0.3) is 0 Å². The molecule has 0 fully saturated rings. The van der Waals surface area contributed by atoms with Gasteiger partial charge in [0.2, 0.25) is 0 Å². The van der Waals surface area contributed by atoms with Crippen molar-refractivity contribution in [2.75, 3.05) is 0 Å². The number of aryl methyl sites for hydroxylation is 2. The maximum Gasteiger partial charge on any atom is 0.196 e. The van der Waals surface area contributed by atoms with Crippen molar-refractivity contribution in [2.45, 2.75) is 13.8 Å². The van der Waals surface area contributed by atoms with E-state index in [0.29, 0.717) is 11.1 Å². The van der Waals surface area contributed by atoms with Gasteiger partial charge in [-0.15, -0.1) is 0 Å². The van der Waals surface area contributed by atoms with Crippen LogP contribution in [0.2, 0.25) is 0 Å². The molecule has 3 heteroatoms. The number of nitrogens with zero attached hydrogens (tertiary/aromatic N) is 2. The van der Waals surface area contributed by atoms with Crippen LogP contribution in [0.1, 0.15) is 27.0 Å². The van der Waals surface area contributed by atoms with Gasteiger partial charge in [-0.3, -0.25) is 4.79 Å². The second kappa shape index (κ2) is 4.98. The van der Waals surface area contributed by atoms with E-state index in [1.54, 1.807) is 0 Å². The quantitative estimate of drug-likeness (QED) is 0.543. The van der Waals surface area contributed by atoms with Crippen LogP contribution in [0.4, 0.5) is 0 Å². The van der Waals surface area contributed by atoms with E-state index in [-0.39, 0.29) is 16.9 Å². The minimum atomic E-state index is -0.255. The van der Waals surface area contributed by atoms with Crippen LogP contribution >= 0.6 is 0 Å². The highest BCUT2D eigenvalue weighted by Crippen LogP contribution is 2.41. The van der Waals surface area contributed by atoms with Crippen LogP contribution in [0.25, 0.3) is 16.7 Å². The van der Waals surface area contributed by atoms with Gasteiger partial charge in [0.1, 0.15) is 17.7 Å². The Bertz CT molecular complexity index is 921. The van der Waals surface area contributed by atoms with E-state index in [1.165, 1.54) is 0 Å². The standard InChI is InChI=1S/C19H12N2O/c1-11-3-5-14-15-6-4-12(2)8-17(15)19(22)18(16(14)7-11)13(9-20)10-21/h3-8H,1-2H3. The number of benzene rings is 2. The Kier molecular flexibility index (Phi) is 3.13. The van der Waals surface area contributed by atoms with E-state index >= 15 is 0 Å². The van der Waals surface area contributed by atoms with Gasteiger partial charge in [0, 0.05) is 5.56 Å². The maximum atomic E-state index is 12.8. The number of rotatable bonds is 0. The van der Waals surface area contributed by atoms with E-state index in [1.807, 2.05) is 62.4 Å². The van der Waals surface area contributed by atoms with Crippen molar-refractivity contribution in [3.05, 3.63) is 64.2 Å². The second-order valence-corrected chi connectivity index (χ2v) is 5.40. The molecule has 0 saturated heterocycles. The van der Waals surface area contributed by atoms with E-state index in [9.17, 15) is 15.3 Å². The minimum absolute atomic E-state index is 0.135. The molecule has 0 bridgehead atoms. The Hall–Kier alpha value is -3.17. The fourth-order valence-electron chi connectivity index (χ4n) is 2.82. The number of fused-ring (bicyclic) bond motifs is 3. The van der Waals surface area contributed by atoms with Gasteiger partial charge in [0.15, 0.2) is 5.78 Å². The zero-order valence-corrected chi connectivity index (χ0v) is 12.3. The summed E-state index contributed by atoms with van der Waals surface area (Å²) in [4.78, 5) is 12.8. The molecule has 2 aromatic rings. The minimum Gasteiger partial charge on any atom is -0.288 e. The number of allylic oxidation sites excluding steroid dienone is 2. The molecular formula is C19H12N2O. The Morgan fingerprint density at radius 2 is 1.32 bits per heavy atom. The fraction of sp³-hybridized carbons (Fsp3) is 0.105. The molecule has 104 valence electrons. The van der Waals surface area contributed by atoms with E-state index < -0.39 is 0 Å². The molecule has 1 aliphatic carbocycles. The summed E-state index contributed by atoms with van der Waals surface area (Å²) in [6.07, 6.45) is 0. The van der Waals surface area contributed by atoms with Gasteiger partial charge < -0.3 is 0 Å². The monoisotopic (exact) mass is 284 g/mol. The summed E-state index contributed by atoms with van der Waals surface area (Å²) < 4.78 is 0. The average molecular weight is 284 g/mol. The zero-order valence-electron chi connectivity index (χ0n) is 12.3. The van der Waals surface area contributed by atoms with E-state index in [4.69, 9.17) is 0 Å². The van der Waals surface area contributed by atoms with Gasteiger partial charge in [-0.2, -0.15) is 10.5 Å². The number of ketones is 1. The van der Waals surface area contributed by atoms with Gasteiger partial charge in [-0.05, 0) is 36.6 Å². The third-order valence-corrected chi connectivity index (χ3v) is 3.85. The van der Waals surface area contributed by atoms with Crippen molar-refractivity contribution in [3.8, 4) is 23.3 Å². The van der Waals surface area contributed by atoms with Crippen LogP contribution in [0.15, 0.2) is 42.0 Å². The summed E-state index contributed by atoms with van der Waals surface area (Å²) in [5, 5.41) is 18.4. The average Bonchev–Trinajstić information content (AvgIpc) is 2.51. The Morgan fingerprint density at radius 1 is 0.818 bits per heavy atom. The lowest BCUT2D eigenvalue weighted by Gasteiger charge is -2.22. The summed E-state index contributed by atoms with van der Waals surface area (Å²) in [6, 6.07) is 15.2. The highest BCUT2D eigenvalue weighted by Gasteiger charge is 2.30. The molecule has 0 saturated carbocycles. The highest BCUT2D eigenvalue weighted by molar-refractivity contribution is 6.35. The number of nitriles is 2. The van der Waals surface area contributed by atoms with Crippen molar-refractivity contribution in [1.82, 2.24) is 0 Å². The number of Topliss-reactive ketones (excluding diaryl/α,β-unsaturated/α-hetero) is 1. The lowest BCUT2D eigenvalue weighted by Crippen LogP contribution is -2.13. The van der Waals surface area contributed by atoms with Crippen LogP contribution in [0, 0.1) is 36.5 Å². The molecule has 22 heavy (non-hydrogen) atoms. The van der Waals surface area contributed by atoms with Crippen molar-refractivity contribution in [2.24, 2.45) is 0 Å². The summed E-state index contributed by atoms with van der Waals surface area (Å²) >= 11 is 0. The fourth-order valence-corrected chi connectivity index (χ4v) is 2.82. The first-order valence-electron chi connectivity index (χ1n) is 6.88. The maximum absolute atomic E-state index is 12.8. The van der Waals surface area contributed by atoms with Crippen LogP contribution in [-0.4, -0.2) is 5.78 Å². The Balaban J connectivity index is 2.47. The van der Waals surface area contributed by atoms with Crippen LogP contribution < -0.4 is 0 Å². The molecule has 0 atom stereocenters. The highest BCUT2D eigenvalue weighted by atomic mass is 16.1. The van der Waals surface area contributed by atoms with Crippen molar-refractivity contribution >= 4 is 11.4 Å². The normalized spacial score (nSPS) is 12.0. The molecule has 0 aliphatic heterocycles. The molecule has 0 unspecified atom stereocenters. The van der Waals surface area contributed by atoms with E-state index in [0.717, 1.165) is 22.3 Å². The molecule has 0 N–H and O–H groups in total. The number of carbonyl (C=O) groups excluding carboxylic acids is 1. The molecule has 0 amide bonds. The first-order chi connectivity index (χ1) is 10.6. The third kappa shape index (κ3) is 1.92. The number of hydrogen-bond donors (Lipinski definition) is 0. The summed E-state index contributed by atoms with van der Waals surface area (Å²) in [5.74, 6) is -0.255. The third-order valence-electron chi connectivity index (χ3n) is 3.85. The van der Waals surface area contributed by atoms with Gasteiger partial charge in [-0.25, -0.2) is 0 Å². The zero-order chi connectivity index (χ0) is 15.9. The molecule has 0 radical (unpaired) electrons. The predicted molar refractivity (Wildman–Crippen MR) is 83.8 cm³/mol. The van der Waals surface area contributed by atoms with E-state index in [2.05, 4.69) is 0 Å². The Morgan fingerprint density at radius 3 is 1.86 bits per heavy atom. The molecule has 1 aliphatic rings. The van der Waals surface area contributed by atoms with Crippen LogP contribution in [-0.2, 0) is 0 Å². The summed E-state index contributed by atoms with van der Waals surface area (Å²) in [5.41, 5.74) is 4.98. The van der Waals surface area contributed by atoms with Crippen LogP contribution in [0.5, 0.6) is 0 Å². The van der Waals surface area contributed by atoms with Crippen LogP contribution in [0.3, 0.4) is 0 Å². The molecule has 0 spiro atoms. The van der Waals surface area contributed by atoms with Gasteiger partial charge in [-0.1, -0.05) is 41.5 Å². The second-order valence-electron chi connectivity index (χ2n) is 5.40. The molecule has 3 nitrogen and oxygen atoms in total. The molecular weight excluding hydrogens is 272 g/mol. The molecule has 3 rings (SSSR count). The Labute approximate surface area is 128 Å². The molecule has 2 aromatic carbocycles. The topological polar surface area (TPSA) is 64.7 Å². The van der Waals surface area contributed by atoms with Gasteiger partial charge >= 0.3 is 0 Å². The summed E-state index contributed by atoms with van der Waals surface area (Å²) in [7, 11) is 0. The van der Waals surface area contributed by atoms with Crippen molar-refractivity contribution in [3.63, 3.8) is 0 Å². The smallest absolute Gasteiger partial charge is 0.196 e. The van der Waals surface area contributed by atoms with Crippen molar-refractivity contribution < 1.29 is 4.79 Å². The first-order valence-corrected chi connectivity index (χ1v) is 6.88. The molecule has 0 aromatic heterocycles. The van der Waals surface area contributed by atoms with Gasteiger partial charge in [0.05, 0.1) is 5.57 Å².